The van der Waals surface area contributed by atoms with Crippen LogP contribution >= 0.6 is 23.8 Å². The number of nitrogens with one attached hydrogen (secondary N) is 2. The van der Waals surface area contributed by atoms with E-state index in [2.05, 4.69) is 5.32 Å². The molecule has 0 saturated carbocycles. The lowest BCUT2D eigenvalue weighted by Gasteiger charge is -2.45. The molecule has 1 heterocycles. The number of methoxy groups -OCH3 is 1. The van der Waals surface area contributed by atoms with Crippen LogP contribution in [0.15, 0.2) is 42.5 Å². The van der Waals surface area contributed by atoms with Gasteiger partial charge in [0, 0.05) is 5.02 Å². The van der Waals surface area contributed by atoms with Crippen molar-refractivity contribution in [2.75, 3.05) is 13.7 Å². The van der Waals surface area contributed by atoms with Crippen LogP contribution in [0.3, 0.4) is 0 Å². The Balaban J connectivity index is 1.95. The van der Waals surface area contributed by atoms with Gasteiger partial charge in [0.05, 0.1) is 19.8 Å². The fourth-order valence-corrected chi connectivity index (χ4v) is 3.96. The number of aliphatic hydroxyl groups is 1. The van der Waals surface area contributed by atoms with Crippen LogP contribution in [0.5, 0.6) is 11.5 Å². The molecule has 0 unspecified atom stereocenters. The number of carbonyl (C=O) groups excluding carboxylic acids is 1. The Morgan fingerprint density at radius 3 is 2.47 bits per heavy atom. The summed E-state index contributed by atoms with van der Waals surface area (Å²) in [6.45, 7) is 1.45. The fourth-order valence-electron chi connectivity index (χ4n) is 3.55. The monoisotopic (exact) mass is 518 g/mol. The maximum absolute atomic E-state index is 13.9. The SMILES string of the molecule is CCOC(=O)[C@@H]1[C@@H](c2ccc(OCc3ccc(Cl)cc3)c(OC)c2)NC(=S)N[C@]1(O)C(F)(F)F. The first-order valence-electron chi connectivity index (χ1n) is 10.1. The van der Waals surface area contributed by atoms with E-state index >= 15 is 0 Å². The number of hydrogen-bond donors (Lipinski definition) is 3. The number of alkyl halides is 3. The minimum absolute atomic E-state index is 0.179. The molecule has 0 spiro atoms. The molecule has 3 rings (SSSR count). The third kappa shape index (κ3) is 5.31. The summed E-state index contributed by atoms with van der Waals surface area (Å²) in [6, 6.07) is 9.97. The van der Waals surface area contributed by atoms with Crippen molar-refractivity contribution < 1.29 is 37.3 Å². The van der Waals surface area contributed by atoms with E-state index in [1.165, 1.54) is 32.2 Å². The maximum Gasteiger partial charge on any atom is 0.437 e. The Morgan fingerprint density at radius 2 is 1.88 bits per heavy atom. The molecule has 12 heteroatoms. The summed E-state index contributed by atoms with van der Waals surface area (Å²) in [7, 11) is 1.36. The highest BCUT2D eigenvalue weighted by atomic mass is 35.5. The number of halogens is 4. The summed E-state index contributed by atoms with van der Waals surface area (Å²) in [5.41, 5.74) is -2.62. The quantitative estimate of drug-likeness (QED) is 0.376. The molecule has 1 aliphatic rings. The van der Waals surface area contributed by atoms with Gasteiger partial charge in [-0.15, -0.1) is 0 Å². The molecule has 0 amide bonds. The topological polar surface area (TPSA) is 89.1 Å². The highest BCUT2D eigenvalue weighted by Gasteiger charge is 2.66. The average molecular weight is 519 g/mol. The molecule has 3 N–H and O–H groups in total. The van der Waals surface area contributed by atoms with Crippen LogP contribution in [0.1, 0.15) is 24.1 Å². The molecular weight excluding hydrogens is 497 g/mol. The number of esters is 1. The largest absolute Gasteiger partial charge is 0.493 e. The van der Waals surface area contributed by atoms with E-state index < -0.39 is 34.9 Å². The van der Waals surface area contributed by atoms with Gasteiger partial charge in [-0.05, 0) is 54.5 Å². The Morgan fingerprint density at radius 1 is 1.21 bits per heavy atom. The van der Waals surface area contributed by atoms with Gasteiger partial charge < -0.3 is 30.0 Å². The normalized spacial score (nSPS) is 22.4. The zero-order valence-corrected chi connectivity index (χ0v) is 19.7. The third-order valence-electron chi connectivity index (χ3n) is 5.20. The van der Waals surface area contributed by atoms with Crippen LogP contribution in [-0.4, -0.2) is 41.8 Å². The second-order valence-electron chi connectivity index (χ2n) is 7.40. The Kier molecular flexibility index (Phi) is 7.79. The molecule has 2 aromatic carbocycles. The number of rotatable bonds is 7. The maximum atomic E-state index is 13.9. The highest BCUT2D eigenvalue weighted by molar-refractivity contribution is 7.80. The minimum atomic E-state index is -5.24. The van der Waals surface area contributed by atoms with Crippen LogP contribution < -0.4 is 20.1 Å². The molecule has 1 fully saturated rings. The zero-order valence-electron chi connectivity index (χ0n) is 18.1. The van der Waals surface area contributed by atoms with E-state index in [0.29, 0.717) is 10.8 Å². The summed E-state index contributed by atoms with van der Waals surface area (Å²) in [5, 5.41) is 15.1. The molecule has 1 aliphatic heterocycles. The molecular formula is C22H22ClF3N2O5S. The Bertz CT molecular complexity index is 1050. The van der Waals surface area contributed by atoms with Gasteiger partial charge in [-0.25, -0.2) is 0 Å². The highest BCUT2D eigenvalue weighted by Crippen LogP contribution is 2.44. The lowest BCUT2D eigenvalue weighted by Crippen LogP contribution is -2.73. The standard InChI is InChI=1S/C22H22ClF3N2O5S/c1-3-32-19(29)17-18(27-20(34)28-21(17,30)22(24,25)26)13-6-9-15(16(10-13)31-2)33-11-12-4-7-14(23)8-5-12/h4-10,17-18,30H,3,11H2,1-2H3,(H2,27,28,34)/t17-,18+,21+/m0/s1. The molecule has 34 heavy (non-hydrogen) atoms. The van der Waals surface area contributed by atoms with Crippen molar-refractivity contribution in [3.8, 4) is 11.5 Å². The van der Waals surface area contributed by atoms with Gasteiger partial charge in [0.25, 0.3) is 5.72 Å². The predicted molar refractivity (Wildman–Crippen MR) is 122 cm³/mol. The Labute approximate surface area is 204 Å². The van der Waals surface area contributed by atoms with E-state index in [4.69, 9.17) is 38.0 Å². The smallest absolute Gasteiger partial charge is 0.437 e. The number of hydrogen-bond acceptors (Lipinski definition) is 6. The summed E-state index contributed by atoms with van der Waals surface area (Å²) in [5.74, 6) is -2.84. The molecule has 184 valence electrons. The lowest BCUT2D eigenvalue weighted by molar-refractivity contribution is -0.292. The van der Waals surface area contributed by atoms with Crippen LogP contribution in [-0.2, 0) is 16.1 Å². The third-order valence-corrected chi connectivity index (χ3v) is 5.67. The van der Waals surface area contributed by atoms with Crippen molar-refractivity contribution in [1.29, 1.82) is 0 Å². The van der Waals surface area contributed by atoms with E-state index in [1.807, 2.05) is 0 Å². The second-order valence-corrected chi connectivity index (χ2v) is 8.24. The van der Waals surface area contributed by atoms with E-state index in [0.717, 1.165) is 5.56 Å². The van der Waals surface area contributed by atoms with Crippen molar-refractivity contribution >= 4 is 34.9 Å². The van der Waals surface area contributed by atoms with Crippen molar-refractivity contribution in [3.63, 3.8) is 0 Å². The molecule has 0 aromatic heterocycles. The Hall–Kier alpha value is -2.76. The average Bonchev–Trinajstić information content (AvgIpc) is 2.77. The van der Waals surface area contributed by atoms with Gasteiger partial charge in [-0.1, -0.05) is 29.8 Å². The zero-order chi connectivity index (χ0) is 25.1. The summed E-state index contributed by atoms with van der Waals surface area (Å²) >= 11 is 10.8. The van der Waals surface area contributed by atoms with Crippen molar-refractivity contribution in [2.24, 2.45) is 5.92 Å². The van der Waals surface area contributed by atoms with Gasteiger partial charge >= 0.3 is 12.1 Å². The molecule has 1 saturated heterocycles. The predicted octanol–water partition coefficient (Wildman–Crippen LogP) is 3.88. The van der Waals surface area contributed by atoms with Crippen LogP contribution in [0.2, 0.25) is 5.02 Å². The van der Waals surface area contributed by atoms with Gasteiger partial charge in [0.2, 0.25) is 0 Å². The van der Waals surface area contributed by atoms with Gasteiger partial charge in [-0.2, -0.15) is 13.2 Å². The molecule has 2 aromatic rings. The van der Waals surface area contributed by atoms with Gasteiger partial charge in [0.15, 0.2) is 16.6 Å². The minimum Gasteiger partial charge on any atom is -0.493 e. The van der Waals surface area contributed by atoms with E-state index in [9.17, 15) is 23.1 Å². The first-order chi connectivity index (χ1) is 16.0. The first kappa shape index (κ1) is 25.9. The van der Waals surface area contributed by atoms with Crippen LogP contribution in [0.25, 0.3) is 0 Å². The first-order valence-corrected chi connectivity index (χ1v) is 10.9. The number of benzene rings is 2. The number of ether oxygens (including phenoxy) is 3. The summed E-state index contributed by atoms with van der Waals surface area (Å²) in [6.07, 6.45) is -5.24. The fraction of sp³-hybridized carbons (Fsp3) is 0.364. The number of thiocarbonyl (C=S) groups is 1. The van der Waals surface area contributed by atoms with Crippen molar-refractivity contribution in [1.82, 2.24) is 10.6 Å². The van der Waals surface area contributed by atoms with E-state index in [-0.39, 0.29) is 24.5 Å². The molecule has 3 atom stereocenters. The lowest BCUT2D eigenvalue weighted by atomic mass is 9.82. The van der Waals surface area contributed by atoms with Crippen molar-refractivity contribution in [2.45, 2.75) is 31.5 Å². The molecule has 0 radical (unpaired) electrons. The van der Waals surface area contributed by atoms with Crippen molar-refractivity contribution in [3.05, 3.63) is 58.6 Å². The number of carbonyl (C=O) groups is 1. The van der Waals surface area contributed by atoms with Gasteiger partial charge in [0.1, 0.15) is 12.5 Å². The molecule has 7 nitrogen and oxygen atoms in total. The summed E-state index contributed by atoms with van der Waals surface area (Å²) < 4.78 is 57.6. The molecule has 0 bridgehead atoms. The van der Waals surface area contributed by atoms with E-state index in [1.54, 1.807) is 29.6 Å². The molecule has 0 aliphatic carbocycles. The van der Waals surface area contributed by atoms with Crippen LogP contribution in [0.4, 0.5) is 13.2 Å². The summed E-state index contributed by atoms with van der Waals surface area (Å²) in [4.78, 5) is 12.6. The van der Waals surface area contributed by atoms with Crippen LogP contribution in [0, 0.1) is 5.92 Å². The second kappa shape index (κ2) is 10.2. The van der Waals surface area contributed by atoms with Gasteiger partial charge in [-0.3, -0.25) is 4.79 Å².